The smallest absolute Gasteiger partial charge is 0.261 e. The van der Waals surface area contributed by atoms with E-state index in [0.717, 1.165) is 10.5 Å². The van der Waals surface area contributed by atoms with Crippen LogP contribution in [0.2, 0.25) is 0 Å². The van der Waals surface area contributed by atoms with Crippen LogP contribution in [0.15, 0.2) is 42.5 Å². The van der Waals surface area contributed by atoms with Crippen LogP contribution in [0.1, 0.15) is 42.7 Å². The van der Waals surface area contributed by atoms with Crippen LogP contribution >= 0.6 is 0 Å². The van der Waals surface area contributed by atoms with E-state index in [1.807, 2.05) is 6.07 Å². The van der Waals surface area contributed by atoms with Gasteiger partial charge in [-0.05, 0) is 35.9 Å². The van der Waals surface area contributed by atoms with Crippen molar-refractivity contribution in [3.63, 3.8) is 0 Å². The van der Waals surface area contributed by atoms with Crippen molar-refractivity contribution < 1.29 is 23.5 Å². The van der Waals surface area contributed by atoms with Gasteiger partial charge in [0.05, 0.1) is 30.4 Å². The van der Waals surface area contributed by atoms with Gasteiger partial charge in [0.25, 0.3) is 17.7 Å². The number of nitrogens with zero attached hydrogens (tertiary/aromatic N) is 2. The molecule has 1 saturated heterocycles. The maximum absolute atomic E-state index is 13.8. The number of fused-ring (bicyclic) bond motifs is 1. The Morgan fingerprint density at radius 1 is 1.10 bits per heavy atom. The molecule has 156 valence electrons. The van der Waals surface area contributed by atoms with Gasteiger partial charge in [-0.15, -0.1) is 0 Å². The second kappa shape index (κ2) is 8.33. The molecule has 2 aliphatic heterocycles. The zero-order valence-electron chi connectivity index (χ0n) is 16.6. The molecule has 1 fully saturated rings. The summed E-state index contributed by atoms with van der Waals surface area (Å²) in [7, 11) is 1.41. The summed E-state index contributed by atoms with van der Waals surface area (Å²) in [6.45, 7) is 2.78. The number of hydrogen-bond acceptors (Lipinski definition) is 5. The van der Waals surface area contributed by atoms with Crippen LogP contribution in [-0.4, -0.2) is 67.4 Å². The minimum Gasteiger partial charge on any atom is -0.379 e. The van der Waals surface area contributed by atoms with E-state index in [1.54, 1.807) is 6.07 Å². The molecule has 2 aromatic rings. The van der Waals surface area contributed by atoms with Crippen LogP contribution in [-0.2, 0) is 4.74 Å². The third-order valence-corrected chi connectivity index (χ3v) is 5.53. The van der Waals surface area contributed by atoms with Gasteiger partial charge in [0.2, 0.25) is 0 Å². The van der Waals surface area contributed by atoms with Crippen LogP contribution in [0, 0.1) is 5.82 Å². The number of ether oxygens (including phenoxy) is 1. The number of nitrogens with one attached hydrogen (secondary N) is 1. The number of carbonyl (C=O) groups excluding carboxylic acids is 3. The first-order chi connectivity index (χ1) is 14.5. The fourth-order valence-electron chi connectivity index (χ4n) is 3.85. The van der Waals surface area contributed by atoms with Gasteiger partial charge in [-0.2, -0.15) is 0 Å². The molecular weight excluding hydrogens is 389 g/mol. The van der Waals surface area contributed by atoms with Crippen molar-refractivity contribution in [2.45, 2.75) is 6.04 Å². The highest BCUT2D eigenvalue weighted by Gasteiger charge is 2.33. The summed E-state index contributed by atoms with van der Waals surface area (Å²) < 4.78 is 19.2. The van der Waals surface area contributed by atoms with Crippen LogP contribution in [0.5, 0.6) is 0 Å². The van der Waals surface area contributed by atoms with E-state index < -0.39 is 5.91 Å². The summed E-state index contributed by atoms with van der Waals surface area (Å²) in [5, 5.41) is 2.89. The van der Waals surface area contributed by atoms with Crippen molar-refractivity contribution in [3.05, 3.63) is 70.5 Å². The molecule has 7 nitrogen and oxygen atoms in total. The van der Waals surface area contributed by atoms with Crippen molar-refractivity contribution in [2.75, 3.05) is 39.9 Å². The van der Waals surface area contributed by atoms with Gasteiger partial charge in [-0.1, -0.05) is 12.1 Å². The number of amides is 3. The van der Waals surface area contributed by atoms with Crippen molar-refractivity contribution in [2.24, 2.45) is 0 Å². The summed E-state index contributed by atoms with van der Waals surface area (Å²) in [6.07, 6.45) is 0. The quantitative estimate of drug-likeness (QED) is 0.760. The first-order valence-electron chi connectivity index (χ1n) is 9.77. The number of morpholine rings is 1. The summed E-state index contributed by atoms with van der Waals surface area (Å²) in [5.74, 6) is -1.48. The summed E-state index contributed by atoms with van der Waals surface area (Å²) in [6, 6.07) is 10.6. The third kappa shape index (κ3) is 3.83. The Hall–Kier alpha value is -3.10. The van der Waals surface area contributed by atoms with Gasteiger partial charge in [-0.25, -0.2) is 4.39 Å². The van der Waals surface area contributed by atoms with Gasteiger partial charge < -0.3 is 10.1 Å². The number of imide groups is 1. The van der Waals surface area contributed by atoms with E-state index >= 15 is 0 Å². The van der Waals surface area contributed by atoms with Crippen LogP contribution in [0.3, 0.4) is 0 Å². The van der Waals surface area contributed by atoms with E-state index in [1.165, 1.54) is 37.4 Å². The molecular formula is C22H22FN3O4. The molecule has 2 heterocycles. The Balaban J connectivity index is 1.52. The molecule has 2 aliphatic rings. The van der Waals surface area contributed by atoms with Crippen LogP contribution in [0.4, 0.5) is 4.39 Å². The van der Waals surface area contributed by atoms with Crippen molar-refractivity contribution in [1.29, 1.82) is 0 Å². The molecule has 2 aromatic carbocycles. The molecule has 0 aliphatic carbocycles. The fourth-order valence-corrected chi connectivity index (χ4v) is 3.85. The summed E-state index contributed by atoms with van der Waals surface area (Å²) >= 11 is 0. The summed E-state index contributed by atoms with van der Waals surface area (Å²) in [4.78, 5) is 40.2. The topological polar surface area (TPSA) is 79.0 Å². The number of carbonyl (C=O) groups is 3. The molecule has 0 saturated carbocycles. The molecule has 0 spiro atoms. The van der Waals surface area contributed by atoms with Gasteiger partial charge in [0.15, 0.2) is 0 Å². The molecule has 8 heteroatoms. The second-order valence-electron chi connectivity index (χ2n) is 7.36. The maximum atomic E-state index is 13.8. The van der Waals surface area contributed by atoms with Gasteiger partial charge >= 0.3 is 0 Å². The van der Waals surface area contributed by atoms with E-state index in [4.69, 9.17) is 4.74 Å². The lowest BCUT2D eigenvalue weighted by molar-refractivity contribution is 0.0162. The lowest BCUT2D eigenvalue weighted by Crippen LogP contribution is -2.43. The Kier molecular flexibility index (Phi) is 5.61. The second-order valence-corrected chi connectivity index (χ2v) is 7.36. The molecule has 3 amide bonds. The lowest BCUT2D eigenvalue weighted by atomic mass is 10.0. The Morgan fingerprint density at radius 3 is 2.57 bits per heavy atom. The average molecular weight is 411 g/mol. The van der Waals surface area contributed by atoms with Gasteiger partial charge in [-0.3, -0.25) is 24.2 Å². The number of halogens is 1. The minimum absolute atomic E-state index is 0.211. The highest BCUT2D eigenvalue weighted by atomic mass is 19.1. The molecule has 1 unspecified atom stereocenters. The molecule has 0 radical (unpaired) electrons. The van der Waals surface area contributed by atoms with E-state index in [-0.39, 0.29) is 35.8 Å². The largest absolute Gasteiger partial charge is 0.379 e. The van der Waals surface area contributed by atoms with E-state index in [9.17, 15) is 18.8 Å². The van der Waals surface area contributed by atoms with Crippen molar-refractivity contribution >= 4 is 17.7 Å². The molecule has 0 bridgehead atoms. The number of hydrogen-bond donors (Lipinski definition) is 1. The standard InChI is InChI=1S/C22H22FN3O4/c1-25-21(28)17-6-5-15(12-18(17)22(25)29)20(27)24-13-19(26-7-9-30-10-8-26)14-3-2-4-16(23)11-14/h2-6,11-12,19H,7-10,13H2,1H3,(H,24,27). The zero-order chi connectivity index (χ0) is 21.3. The predicted molar refractivity (Wildman–Crippen MR) is 107 cm³/mol. The summed E-state index contributed by atoms with van der Waals surface area (Å²) in [5.41, 5.74) is 1.59. The molecule has 0 aromatic heterocycles. The Bertz CT molecular complexity index is 1000. The molecule has 1 atom stereocenters. The number of benzene rings is 2. The lowest BCUT2D eigenvalue weighted by Gasteiger charge is -2.35. The predicted octanol–water partition coefficient (Wildman–Crippen LogP) is 1.85. The Labute approximate surface area is 173 Å². The monoisotopic (exact) mass is 411 g/mol. The van der Waals surface area contributed by atoms with Crippen LogP contribution in [0.25, 0.3) is 0 Å². The SMILES string of the molecule is CN1C(=O)c2ccc(C(=O)NCC(c3cccc(F)c3)N3CCOCC3)cc2C1=O. The normalized spacial score (nSPS) is 17.7. The minimum atomic E-state index is -0.421. The van der Waals surface area contributed by atoms with Crippen LogP contribution < -0.4 is 5.32 Å². The number of rotatable bonds is 5. The zero-order valence-corrected chi connectivity index (χ0v) is 16.6. The highest BCUT2D eigenvalue weighted by Crippen LogP contribution is 2.24. The third-order valence-electron chi connectivity index (χ3n) is 5.53. The average Bonchev–Trinajstić information content (AvgIpc) is 2.98. The molecule has 4 rings (SSSR count). The fraction of sp³-hybridized carbons (Fsp3) is 0.318. The first-order valence-corrected chi connectivity index (χ1v) is 9.77. The Morgan fingerprint density at radius 2 is 1.83 bits per heavy atom. The highest BCUT2D eigenvalue weighted by molar-refractivity contribution is 6.21. The first kappa shape index (κ1) is 20.2. The molecule has 30 heavy (non-hydrogen) atoms. The van der Waals surface area contributed by atoms with Crippen molar-refractivity contribution in [3.8, 4) is 0 Å². The molecule has 1 N–H and O–H groups in total. The van der Waals surface area contributed by atoms with E-state index in [0.29, 0.717) is 37.4 Å². The van der Waals surface area contributed by atoms with Crippen molar-refractivity contribution in [1.82, 2.24) is 15.1 Å². The van der Waals surface area contributed by atoms with Gasteiger partial charge in [0, 0.05) is 32.2 Å². The maximum Gasteiger partial charge on any atom is 0.261 e. The van der Waals surface area contributed by atoms with Gasteiger partial charge in [0.1, 0.15) is 5.82 Å². The van der Waals surface area contributed by atoms with E-state index in [2.05, 4.69) is 10.2 Å².